The number of halogens is 2. The molecule has 1 N–H and O–H groups in total. The Balaban J connectivity index is 2.11. The first-order valence-corrected chi connectivity index (χ1v) is 9.31. The fourth-order valence-electron chi connectivity index (χ4n) is 2.79. The predicted molar refractivity (Wildman–Crippen MR) is 112 cm³/mol. The zero-order chi connectivity index (χ0) is 20.8. The van der Waals surface area contributed by atoms with Gasteiger partial charge in [0.15, 0.2) is 11.5 Å². The van der Waals surface area contributed by atoms with Gasteiger partial charge in [-0.3, -0.25) is 9.69 Å². The molecule has 8 heteroatoms. The average Bonchev–Trinajstić information content (AvgIpc) is 2.66. The number of carbonyl (C=O) groups excluding carboxylic acids is 1. The number of amides is 1. The van der Waals surface area contributed by atoms with Gasteiger partial charge in [0, 0.05) is 33.9 Å². The van der Waals surface area contributed by atoms with Crippen molar-refractivity contribution in [1.82, 2.24) is 4.90 Å². The lowest BCUT2D eigenvalue weighted by Crippen LogP contribution is -2.32. The van der Waals surface area contributed by atoms with Gasteiger partial charge < -0.3 is 19.5 Å². The van der Waals surface area contributed by atoms with E-state index in [1.54, 1.807) is 24.3 Å². The van der Waals surface area contributed by atoms with Gasteiger partial charge in [-0.25, -0.2) is 0 Å². The number of hydrogen-bond acceptors (Lipinski definition) is 5. The molecule has 0 aliphatic carbocycles. The quantitative estimate of drug-likeness (QED) is 0.665. The Morgan fingerprint density at radius 3 is 2.18 bits per heavy atom. The van der Waals surface area contributed by atoms with Gasteiger partial charge in [-0.2, -0.15) is 0 Å². The summed E-state index contributed by atoms with van der Waals surface area (Å²) < 4.78 is 15.9. The Morgan fingerprint density at radius 2 is 1.68 bits per heavy atom. The Labute approximate surface area is 175 Å². The summed E-state index contributed by atoms with van der Waals surface area (Å²) in [4.78, 5) is 14.4. The third-order valence-corrected chi connectivity index (χ3v) is 4.98. The highest BCUT2D eigenvalue weighted by atomic mass is 35.5. The third kappa shape index (κ3) is 5.22. The minimum absolute atomic E-state index is 0.0737. The monoisotopic (exact) mass is 426 g/mol. The minimum atomic E-state index is -0.186. The molecule has 152 valence electrons. The number of likely N-dealkylation sites (N-methyl/N-ethyl adjacent to an activating group) is 1. The second-order valence-corrected chi connectivity index (χ2v) is 7.06. The molecule has 0 spiro atoms. The van der Waals surface area contributed by atoms with Crippen molar-refractivity contribution in [2.45, 2.75) is 13.0 Å². The number of rotatable bonds is 8. The number of ether oxygens (including phenoxy) is 3. The van der Waals surface area contributed by atoms with Crippen molar-refractivity contribution in [3.05, 3.63) is 45.9 Å². The van der Waals surface area contributed by atoms with Gasteiger partial charge in [-0.1, -0.05) is 29.3 Å². The first-order valence-electron chi connectivity index (χ1n) is 8.55. The molecule has 28 heavy (non-hydrogen) atoms. The lowest BCUT2D eigenvalue weighted by atomic mass is 10.1. The van der Waals surface area contributed by atoms with Crippen molar-refractivity contribution in [2.24, 2.45) is 0 Å². The van der Waals surface area contributed by atoms with E-state index in [0.29, 0.717) is 33.0 Å². The molecule has 0 aliphatic heterocycles. The Morgan fingerprint density at radius 1 is 1.07 bits per heavy atom. The molecule has 1 amide bonds. The van der Waals surface area contributed by atoms with Crippen LogP contribution in [0.5, 0.6) is 17.2 Å². The molecule has 0 saturated heterocycles. The molecule has 0 aromatic heterocycles. The zero-order valence-corrected chi connectivity index (χ0v) is 18.0. The Hall–Kier alpha value is -2.15. The Bertz CT molecular complexity index is 820. The highest BCUT2D eigenvalue weighted by Gasteiger charge is 2.19. The molecule has 0 saturated carbocycles. The fraction of sp³-hybridized carbons (Fsp3) is 0.350. The molecule has 1 unspecified atom stereocenters. The normalized spacial score (nSPS) is 11.9. The number of nitrogens with one attached hydrogen (secondary N) is 1. The van der Waals surface area contributed by atoms with Gasteiger partial charge in [0.25, 0.3) is 0 Å². The molecule has 0 bridgehead atoms. The van der Waals surface area contributed by atoms with Crippen molar-refractivity contribution in [1.29, 1.82) is 0 Å². The molecule has 0 heterocycles. The van der Waals surface area contributed by atoms with Crippen LogP contribution in [-0.4, -0.2) is 45.7 Å². The number of benzene rings is 2. The van der Waals surface area contributed by atoms with Crippen LogP contribution in [0.3, 0.4) is 0 Å². The summed E-state index contributed by atoms with van der Waals surface area (Å²) in [6.45, 7) is 2.14. The van der Waals surface area contributed by atoms with Crippen LogP contribution in [0.1, 0.15) is 18.5 Å². The van der Waals surface area contributed by atoms with Crippen LogP contribution in [0.4, 0.5) is 5.69 Å². The summed E-state index contributed by atoms with van der Waals surface area (Å²) in [6.07, 6.45) is 0. The summed E-state index contributed by atoms with van der Waals surface area (Å²) in [6, 6.07) is 8.62. The molecule has 0 fully saturated rings. The molecule has 2 aromatic carbocycles. The smallest absolute Gasteiger partial charge is 0.238 e. The predicted octanol–water partition coefficient (Wildman–Crippen LogP) is 4.65. The van der Waals surface area contributed by atoms with E-state index in [2.05, 4.69) is 5.32 Å². The number of anilines is 1. The molecule has 1 atom stereocenters. The van der Waals surface area contributed by atoms with Gasteiger partial charge in [0.2, 0.25) is 11.7 Å². The maximum Gasteiger partial charge on any atom is 0.238 e. The first-order chi connectivity index (χ1) is 13.3. The number of nitrogens with zero attached hydrogens (tertiary/aromatic N) is 1. The van der Waals surface area contributed by atoms with E-state index in [0.717, 1.165) is 5.56 Å². The van der Waals surface area contributed by atoms with E-state index < -0.39 is 0 Å². The standard InChI is InChI=1S/C20H24Cl2N2O4/c1-12(15-7-6-13(21)8-16(15)22)24(2)11-19(25)23-14-9-17(26-3)20(28-5)18(10-14)27-4/h6-10,12H,11H2,1-5H3,(H,23,25). The first kappa shape index (κ1) is 22.1. The molecular formula is C20H24Cl2N2O4. The van der Waals surface area contributed by atoms with E-state index in [1.165, 1.54) is 21.3 Å². The lowest BCUT2D eigenvalue weighted by molar-refractivity contribution is -0.117. The van der Waals surface area contributed by atoms with Crippen LogP contribution in [0, 0.1) is 0 Å². The van der Waals surface area contributed by atoms with Gasteiger partial charge in [0.05, 0.1) is 27.9 Å². The lowest BCUT2D eigenvalue weighted by Gasteiger charge is -2.25. The van der Waals surface area contributed by atoms with Gasteiger partial charge in [-0.05, 0) is 31.7 Å². The highest BCUT2D eigenvalue weighted by molar-refractivity contribution is 6.35. The molecular weight excluding hydrogens is 403 g/mol. The molecule has 0 radical (unpaired) electrons. The van der Waals surface area contributed by atoms with Crippen LogP contribution < -0.4 is 19.5 Å². The van der Waals surface area contributed by atoms with Crippen molar-refractivity contribution < 1.29 is 19.0 Å². The van der Waals surface area contributed by atoms with Crippen LogP contribution in [-0.2, 0) is 4.79 Å². The number of methoxy groups -OCH3 is 3. The van der Waals surface area contributed by atoms with E-state index in [9.17, 15) is 4.79 Å². The Kier molecular flexibility index (Phi) is 7.80. The molecule has 0 aliphatic rings. The molecule has 2 rings (SSSR count). The summed E-state index contributed by atoms with van der Waals surface area (Å²) in [5, 5.41) is 3.99. The van der Waals surface area contributed by atoms with Crippen LogP contribution in [0.2, 0.25) is 10.0 Å². The number of hydrogen-bond donors (Lipinski definition) is 1. The largest absolute Gasteiger partial charge is 0.493 e. The van der Waals surface area contributed by atoms with Crippen LogP contribution in [0.15, 0.2) is 30.3 Å². The molecule has 6 nitrogen and oxygen atoms in total. The third-order valence-electron chi connectivity index (χ3n) is 4.42. The van der Waals surface area contributed by atoms with Crippen LogP contribution >= 0.6 is 23.2 Å². The maximum atomic E-state index is 12.5. The SMILES string of the molecule is COc1cc(NC(=O)CN(C)C(C)c2ccc(Cl)cc2Cl)cc(OC)c1OC. The average molecular weight is 427 g/mol. The summed E-state index contributed by atoms with van der Waals surface area (Å²) in [7, 11) is 6.42. The topological polar surface area (TPSA) is 60.0 Å². The molecule has 2 aromatic rings. The second-order valence-electron chi connectivity index (χ2n) is 6.22. The van der Waals surface area contributed by atoms with Gasteiger partial charge in [-0.15, -0.1) is 0 Å². The second kappa shape index (κ2) is 9.87. The van der Waals surface area contributed by atoms with Crippen molar-refractivity contribution >= 4 is 34.8 Å². The maximum absolute atomic E-state index is 12.5. The van der Waals surface area contributed by atoms with E-state index >= 15 is 0 Å². The summed E-state index contributed by atoms with van der Waals surface area (Å²) >= 11 is 12.2. The summed E-state index contributed by atoms with van der Waals surface area (Å²) in [5.74, 6) is 1.21. The van der Waals surface area contributed by atoms with Crippen LogP contribution in [0.25, 0.3) is 0 Å². The highest BCUT2D eigenvalue weighted by Crippen LogP contribution is 2.40. The van der Waals surface area contributed by atoms with E-state index in [1.807, 2.05) is 24.9 Å². The van der Waals surface area contributed by atoms with Crippen molar-refractivity contribution in [3.63, 3.8) is 0 Å². The van der Waals surface area contributed by atoms with Crippen molar-refractivity contribution in [2.75, 3.05) is 40.2 Å². The minimum Gasteiger partial charge on any atom is -0.493 e. The number of carbonyl (C=O) groups is 1. The van der Waals surface area contributed by atoms with E-state index in [-0.39, 0.29) is 18.5 Å². The zero-order valence-electron chi connectivity index (χ0n) is 16.5. The fourth-order valence-corrected chi connectivity index (χ4v) is 3.36. The van der Waals surface area contributed by atoms with Crippen molar-refractivity contribution in [3.8, 4) is 17.2 Å². The summed E-state index contributed by atoms with van der Waals surface area (Å²) in [5.41, 5.74) is 1.44. The van der Waals surface area contributed by atoms with Gasteiger partial charge >= 0.3 is 0 Å². The van der Waals surface area contributed by atoms with E-state index in [4.69, 9.17) is 37.4 Å². The van der Waals surface area contributed by atoms with Gasteiger partial charge in [0.1, 0.15) is 0 Å².